The van der Waals surface area contributed by atoms with Crippen LogP contribution in [0.1, 0.15) is 125 Å². The fourth-order valence-corrected chi connectivity index (χ4v) is 6.73. The summed E-state index contributed by atoms with van der Waals surface area (Å²) in [5.41, 5.74) is 16.6. The third-order valence-electron chi connectivity index (χ3n) is 8.29. The summed E-state index contributed by atoms with van der Waals surface area (Å²) in [7, 11) is 0. The van der Waals surface area contributed by atoms with Gasteiger partial charge in [-0.3, -0.25) is 0 Å². The van der Waals surface area contributed by atoms with Crippen molar-refractivity contribution in [3.8, 4) is 0 Å². The fourth-order valence-electron chi connectivity index (χ4n) is 6.73. The molecule has 0 aliphatic carbocycles. The molecule has 0 atom stereocenters. The van der Waals surface area contributed by atoms with Crippen LogP contribution in [-0.4, -0.2) is 0 Å². The van der Waals surface area contributed by atoms with Crippen molar-refractivity contribution < 1.29 is 34.1 Å². The van der Waals surface area contributed by atoms with E-state index in [0.717, 1.165) is 0 Å². The standard InChI is InChI=1S/2C15H25.2C5H5.2Fe/c2*1-6-11-12(7-2)14(9-4)15(10-5)13(11)8-3;2*1-2-4-5-3-1;;/h2*6-10H2,1-5H3;2*1-5H;;/q4*-1;2*+2. The molecule has 4 aromatic carbocycles. The molecule has 4 aromatic rings. The van der Waals surface area contributed by atoms with Gasteiger partial charge in [0.25, 0.3) is 0 Å². The van der Waals surface area contributed by atoms with Crippen molar-refractivity contribution in [3.63, 3.8) is 0 Å². The molecule has 0 nitrogen and oxygen atoms in total. The summed E-state index contributed by atoms with van der Waals surface area (Å²) in [4.78, 5) is 0. The maximum Gasteiger partial charge on any atom is 2.00 e. The molecule has 0 bridgehead atoms. The summed E-state index contributed by atoms with van der Waals surface area (Å²) in [6.45, 7) is 23.0. The van der Waals surface area contributed by atoms with Crippen molar-refractivity contribution in [3.05, 3.63) is 116 Å². The van der Waals surface area contributed by atoms with Crippen LogP contribution in [0.4, 0.5) is 0 Å². The van der Waals surface area contributed by atoms with Crippen molar-refractivity contribution in [2.24, 2.45) is 0 Å². The molecule has 0 saturated carbocycles. The molecule has 0 aliphatic rings. The molecule has 0 amide bonds. The molecule has 2 heteroatoms. The van der Waals surface area contributed by atoms with Gasteiger partial charge < -0.3 is 0 Å². The second-order valence-corrected chi connectivity index (χ2v) is 10.2. The summed E-state index contributed by atoms with van der Waals surface area (Å²) in [6.07, 6.45) is 12.1. The van der Waals surface area contributed by atoms with E-state index in [9.17, 15) is 0 Å². The molecular weight excluding hydrogens is 592 g/mol. The zero-order valence-electron chi connectivity index (χ0n) is 28.6. The molecule has 0 radical (unpaired) electrons. The van der Waals surface area contributed by atoms with E-state index in [-0.39, 0.29) is 34.1 Å². The smallest absolute Gasteiger partial charge is 0.214 e. The zero-order valence-corrected chi connectivity index (χ0v) is 30.8. The first-order valence-electron chi connectivity index (χ1n) is 16.4. The van der Waals surface area contributed by atoms with Crippen LogP contribution in [0.5, 0.6) is 0 Å². The predicted molar refractivity (Wildman–Crippen MR) is 182 cm³/mol. The minimum absolute atomic E-state index is 0. The first-order chi connectivity index (χ1) is 19.5. The van der Waals surface area contributed by atoms with Crippen molar-refractivity contribution in [2.45, 2.75) is 133 Å². The molecule has 0 saturated heterocycles. The average molecular weight is 653 g/mol. The third-order valence-corrected chi connectivity index (χ3v) is 8.29. The Morgan fingerprint density at radius 1 is 0.381 bits per heavy atom. The van der Waals surface area contributed by atoms with Crippen molar-refractivity contribution in [2.75, 3.05) is 0 Å². The second kappa shape index (κ2) is 24.8. The van der Waals surface area contributed by atoms with E-state index in [2.05, 4.69) is 69.2 Å². The van der Waals surface area contributed by atoms with Crippen LogP contribution in [0.15, 0.2) is 60.7 Å². The summed E-state index contributed by atoms with van der Waals surface area (Å²) in [5, 5.41) is 0. The number of hydrogen-bond donors (Lipinski definition) is 0. The van der Waals surface area contributed by atoms with Gasteiger partial charge in [-0.2, -0.15) is 92.0 Å². The van der Waals surface area contributed by atoms with E-state index in [1.165, 1.54) is 64.2 Å². The minimum Gasteiger partial charge on any atom is -0.214 e. The van der Waals surface area contributed by atoms with Gasteiger partial charge in [0, 0.05) is 0 Å². The van der Waals surface area contributed by atoms with Crippen LogP contribution in [0, 0.1) is 0 Å². The molecular formula is C40H60Fe2. The van der Waals surface area contributed by atoms with Gasteiger partial charge in [-0.15, -0.1) is 0 Å². The van der Waals surface area contributed by atoms with Gasteiger partial charge in [0.1, 0.15) is 0 Å². The molecule has 0 spiro atoms. The first-order valence-corrected chi connectivity index (χ1v) is 16.4. The monoisotopic (exact) mass is 652 g/mol. The van der Waals surface area contributed by atoms with Crippen LogP contribution >= 0.6 is 0 Å². The van der Waals surface area contributed by atoms with Crippen molar-refractivity contribution >= 4 is 0 Å². The zero-order chi connectivity index (χ0) is 29.9. The van der Waals surface area contributed by atoms with Crippen LogP contribution < -0.4 is 0 Å². The fraction of sp³-hybridized carbons (Fsp3) is 0.500. The topological polar surface area (TPSA) is 0 Å². The largest absolute Gasteiger partial charge is 2.00 e. The first kappa shape index (κ1) is 42.6. The average Bonchev–Trinajstić information content (AvgIpc) is 3.82. The van der Waals surface area contributed by atoms with Crippen molar-refractivity contribution in [1.29, 1.82) is 0 Å². The summed E-state index contributed by atoms with van der Waals surface area (Å²) in [6, 6.07) is 20.0. The van der Waals surface area contributed by atoms with Crippen LogP contribution in [-0.2, 0) is 98.3 Å². The Morgan fingerprint density at radius 3 is 0.690 bits per heavy atom. The van der Waals surface area contributed by atoms with Crippen molar-refractivity contribution in [1.82, 2.24) is 0 Å². The summed E-state index contributed by atoms with van der Waals surface area (Å²) in [5.74, 6) is 0. The Morgan fingerprint density at radius 2 is 0.595 bits per heavy atom. The Labute approximate surface area is 282 Å². The molecule has 236 valence electrons. The molecule has 4 rings (SSSR count). The molecule has 0 aromatic heterocycles. The maximum absolute atomic E-state index is 2.30. The van der Waals surface area contributed by atoms with E-state index < -0.39 is 0 Å². The molecule has 0 heterocycles. The molecule has 0 N–H and O–H groups in total. The maximum atomic E-state index is 2.30. The van der Waals surface area contributed by atoms with Crippen LogP contribution in [0.2, 0.25) is 0 Å². The van der Waals surface area contributed by atoms with Gasteiger partial charge in [0.2, 0.25) is 0 Å². The van der Waals surface area contributed by atoms with E-state index in [1.54, 1.807) is 55.6 Å². The van der Waals surface area contributed by atoms with E-state index in [0.29, 0.717) is 0 Å². The Bertz CT molecular complexity index is 823. The van der Waals surface area contributed by atoms with Gasteiger partial charge in [-0.05, 0) is 0 Å². The Hall–Kier alpha value is -1.56. The van der Waals surface area contributed by atoms with Crippen LogP contribution in [0.3, 0.4) is 0 Å². The van der Waals surface area contributed by atoms with E-state index in [1.807, 2.05) is 60.7 Å². The number of rotatable bonds is 10. The molecule has 0 fully saturated rings. The SMILES string of the molecule is CCc1c(CC)c(CC)[c-](CC)c1CC.CCc1c(CC)c(CC)[c-](CC)c1CC.[Fe+2].[Fe+2].c1cc[cH-]c1.c1cc[cH-]c1. The normalized spacial score (nSPS) is 9.76. The van der Waals surface area contributed by atoms with E-state index >= 15 is 0 Å². The Balaban J connectivity index is 0. The quantitative estimate of drug-likeness (QED) is 0.118. The molecule has 0 unspecified atom stereocenters. The number of hydrogen-bond acceptors (Lipinski definition) is 0. The second-order valence-electron chi connectivity index (χ2n) is 10.2. The van der Waals surface area contributed by atoms with Gasteiger partial charge in [0.15, 0.2) is 0 Å². The minimum atomic E-state index is 0. The van der Waals surface area contributed by atoms with E-state index in [4.69, 9.17) is 0 Å². The van der Waals surface area contributed by atoms with Gasteiger partial charge >= 0.3 is 34.1 Å². The van der Waals surface area contributed by atoms with Gasteiger partial charge in [-0.1, -0.05) is 133 Å². The third kappa shape index (κ3) is 11.5. The summed E-state index contributed by atoms with van der Waals surface area (Å²) < 4.78 is 0. The van der Waals surface area contributed by atoms with Gasteiger partial charge in [-0.25, -0.2) is 24.3 Å². The molecule has 42 heavy (non-hydrogen) atoms. The summed E-state index contributed by atoms with van der Waals surface area (Å²) >= 11 is 0. The van der Waals surface area contributed by atoms with Crippen LogP contribution in [0.25, 0.3) is 0 Å². The predicted octanol–water partition coefficient (Wildman–Crippen LogP) is 11.2. The Kier molecular flexibility index (Phi) is 25.2. The molecule has 0 aliphatic heterocycles. The van der Waals surface area contributed by atoms with Gasteiger partial charge in [0.05, 0.1) is 0 Å².